The fraction of sp³-hybridized carbons (Fsp3) is 0.286. The van der Waals surface area contributed by atoms with E-state index in [4.69, 9.17) is 4.42 Å². The maximum atomic E-state index is 10.5. The Morgan fingerprint density at radius 3 is 2.90 bits per heavy atom. The van der Waals surface area contributed by atoms with E-state index in [9.17, 15) is 4.79 Å². The molecule has 3 nitrogen and oxygen atoms in total. The number of aromatic nitrogens is 1. The number of hydrogen-bond acceptors (Lipinski definition) is 2. The summed E-state index contributed by atoms with van der Waals surface area (Å²) in [5.41, 5.74) is 0.806. The van der Waals surface area contributed by atoms with Gasteiger partial charge >= 0.3 is 5.76 Å². The average Bonchev–Trinajstić information content (AvgIpc) is 2.13. The number of hydrogen-bond donors (Lipinski definition) is 1. The highest BCUT2D eigenvalue weighted by molar-refractivity contribution is 5.08. The molecule has 0 fully saturated rings. The monoisotopic (exact) mass is 139 g/mol. The Hall–Kier alpha value is -1.25. The topological polar surface area (TPSA) is 46.0 Å². The molecule has 0 aliphatic rings. The highest BCUT2D eigenvalue weighted by Gasteiger charge is 2.00. The summed E-state index contributed by atoms with van der Waals surface area (Å²) in [5, 5.41) is 0. The molecule has 3 heteroatoms. The standard InChI is InChI=1S/C7H9NO2/c1-3-4-6-5(2)10-7(9)8-6/h3H,1,4H2,2H3,(H,8,9). The van der Waals surface area contributed by atoms with Gasteiger partial charge in [0.15, 0.2) is 0 Å². The number of aromatic amines is 1. The number of rotatable bonds is 2. The zero-order chi connectivity index (χ0) is 7.56. The molecule has 0 aliphatic carbocycles. The Morgan fingerprint density at radius 1 is 1.80 bits per heavy atom. The van der Waals surface area contributed by atoms with Crippen LogP contribution in [-0.2, 0) is 6.42 Å². The molecule has 54 valence electrons. The Bertz CT molecular complexity index is 282. The van der Waals surface area contributed by atoms with E-state index >= 15 is 0 Å². The molecular formula is C7H9NO2. The van der Waals surface area contributed by atoms with Crippen LogP contribution in [0, 0.1) is 6.92 Å². The van der Waals surface area contributed by atoms with E-state index in [-0.39, 0.29) is 0 Å². The SMILES string of the molecule is C=CCc1[nH]c(=O)oc1C. The van der Waals surface area contributed by atoms with Gasteiger partial charge in [0.05, 0.1) is 5.69 Å². The summed E-state index contributed by atoms with van der Waals surface area (Å²) in [6, 6.07) is 0. The molecule has 1 aromatic heterocycles. The van der Waals surface area contributed by atoms with Gasteiger partial charge in [0, 0.05) is 6.42 Å². The highest BCUT2D eigenvalue weighted by Crippen LogP contribution is 2.01. The van der Waals surface area contributed by atoms with Crippen LogP contribution in [0.3, 0.4) is 0 Å². The van der Waals surface area contributed by atoms with Crippen molar-refractivity contribution in [3.05, 3.63) is 34.7 Å². The van der Waals surface area contributed by atoms with E-state index < -0.39 is 5.76 Å². The van der Waals surface area contributed by atoms with E-state index in [1.165, 1.54) is 0 Å². The van der Waals surface area contributed by atoms with Crippen LogP contribution in [-0.4, -0.2) is 4.98 Å². The van der Waals surface area contributed by atoms with Crippen molar-refractivity contribution in [3.63, 3.8) is 0 Å². The van der Waals surface area contributed by atoms with Crippen LogP contribution < -0.4 is 5.76 Å². The van der Waals surface area contributed by atoms with Crippen LogP contribution in [0.1, 0.15) is 11.5 Å². The van der Waals surface area contributed by atoms with Gasteiger partial charge in [0.2, 0.25) is 0 Å². The molecule has 1 heterocycles. The minimum absolute atomic E-state index is 0.394. The molecule has 0 aromatic carbocycles. The predicted molar refractivity (Wildman–Crippen MR) is 38.0 cm³/mol. The lowest BCUT2D eigenvalue weighted by molar-refractivity contribution is 0.487. The minimum atomic E-state index is -0.394. The predicted octanol–water partition coefficient (Wildman–Crippen LogP) is 1.00. The van der Waals surface area contributed by atoms with Crippen molar-refractivity contribution in [1.82, 2.24) is 4.98 Å². The molecular weight excluding hydrogens is 130 g/mol. The van der Waals surface area contributed by atoms with E-state index in [2.05, 4.69) is 11.6 Å². The van der Waals surface area contributed by atoms with Crippen molar-refractivity contribution >= 4 is 0 Å². The third-order valence-corrected chi connectivity index (χ3v) is 1.27. The Morgan fingerprint density at radius 2 is 2.50 bits per heavy atom. The van der Waals surface area contributed by atoms with Crippen molar-refractivity contribution in [2.45, 2.75) is 13.3 Å². The first kappa shape index (κ1) is 6.86. The van der Waals surface area contributed by atoms with Crippen molar-refractivity contribution in [2.75, 3.05) is 0 Å². The first-order valence-corrected chi connectivity index (χ1v) is 3.03. The molecule has 0 radical (unpaired) electrons. The smallest absolute Gasteiger partial charge is 0.413 e. The lowest BCUT2D eigenvalue weighted by Gasteiger charge is -1.86. The highest BCUT2D eigenvalue weighted by atomic mass is 16.4. The lowest BCUT2D eigenvalue weighted by atomic mass is 10.3. The number of H-pyrrole nitrogens is 1. The van der Waals surface area contributed by atoms with Crippen LogP contribution in [0.25, 0.3) is 0 Å². The van der Waals surface area contributed by atoms with E-state index in [1.807, 2.05) is 0 Å². The molecule has 1 rings (SSSR count). The third-order valence-electron chi connectivity index (χ3n) is 1.27. The second kappa shape index (κ2) is 2.56. The molecule has 0 bridgehead atoms. The fourth-order valence-corrected chi connectivity index (χ4v) is 0.776. The largest absolute Gasteiger partial charge is 0.416 e. The summed E-state index contributed by atoms with van der Waals surface area (Å²) in [7, 11) is 0. The van der Waals surface area contributed by atoms with Gasteiger partial charge in [-0.1, -0.05) is 6.08 Å². The van der Waals surface area contributed by atoms with Gasteiger partial charge in [-0.05, 0) is 6.92 Å². The van der Waals surface area contributed by atoms with Crippen molar-refractivity contribution < 1.29 is 4.42 Å². The van der Waals surface area contributed by atoms with Crippen molar-refractivity contribution in [1.29, 1.82) is 0 Å². The number of aryl methyl sites for hydroxylation is 1. The zero-order valence-electron chi connectivity index (χ0n) is 5.81. The molecule has 1 aromatic rings. The Balaban J connectivity index is 3.02. The zero-order valence-corrected chi connectivity index (χ0v) is 5.81. The fourth-order valence-electron chi connectivity index (χ4n) is 0.776. The average molecular weight is 139 g/mol. The van der Waals surface area contributed by atoms with Crippen LogP contribution in [0.4, 0.5) is 0 Å². The van der Waals surface area contributed by atoms with Crippen LogP contribution in [0.2, 0.25) is 0 Å². The van der Waals surface area contributed by atoms with Gasteiger partial charge in [0.1, 0.15) is 5.76 Å². The quantitative estimate of drug-likeness (QED) is 0.621. The summed E-state index contributed by atoms with van der Waals surface area (Å²) in [4.78, 5) is 13.1. The number of allylic oxidation sites excluding steroid dienone is 1. The minimum Gasteiger partial charge on any atom is -0.413 e. The van der Waals surface area contributed by atoms with Gasteiger partial charge in [-0.2, -0.15) is 0 Å². The first-order valence-electron chi connectivity index (χ1n) is 3.03. The number of oxazole rings is 1. The first-order chi connectivity index (χ1) is 4.74. The van der Waals surface area contributed by atoms with Gasteiger partial charge in [-0.15, -0.1) is 6.58 Å². The molecule has 1 N–H and O–H groups in total. The van der Waals surface area contributed by atoms with Crippen molar-refractivity contribution in [3.8, 4) is 0 Å². The Kier molecular flexibility index (Phi) is 1.76. The normalized spacial score (nSPS) is 9.70. The molecule has 0 unspecified atom stereocenters. The van der Waals surface area contributed by atoms with Crippen LogP contribution in [0.15, 0.2) is 21.9 Å². The summed E-state index contributed by atoms with van der Waals surface area (Å²) >= 11 is 0. The van der Waals surface area contributed by atoms with Gasteiger partial charge in [-0.3, -0.25) is 4.98 Å². The Labute approximate surface area is 58.4 Å². The lowest BCUT2D eigenvalue weighted by Crippen LogP contribution is -1.95. The van der Waals surface area contributed by atoms with Crippen LogP contribution in [0.5, 0.6) is 0 Å². The molecule has 0 saturated carbocycles. The van der Waals surface area contributed by atoms with Gasteiger partial charge in [0.25, 0.3) is 0 Å². The molecule has 0 saturated heterocycles. The van der Waals surface area contributed by atoms with Crippen LogP contribution >= 0.6 is 0 Å². The maximum absolute atomic E-state index is 10.5. The summed E-state index contributed by atoms with van der Waals surface area (Å²) in [6.07, 6.45) is 2.37. The van der Waals surface area contributed by atoms with E-state index in [0.717, 1.165) is 5.69 Å². The van der Waals surface area contributed by atoms with Crippen molar-refractivity contribution in [2.24, 2.45) is 0 Å². The number of nitrogens with one attached hydrogen (secondary N) is 1. The molecule has 0 atom stereocenters. The molecule has 0 aliphatic heterocycles. The van der Waals surface area contributed by atoms with Gasteiger partial charge in [-0.25, -0.2) is 4.79 Å². The maximum Gasteiger partial charge on any atom is 0.416 e. The van der Waals surface area contributed by atoms with E-state index in [0.29, 0.717) is 12.2 Å². The summed E-state index contributed by atoms with van der Waals surface area (Å²) < 4.78 is 4.71. The molecule has 0 amide bonds. The third kappa shape index (κ3) is 1.18. The summed E-state index contributed by atoms with van der Waals surface area (Å²) in [5.74, 6) is 0.249. The second-order valence-electron chi connectivity index (χ2n) is 2.04. The summed E-state index contributed by atoms with van der Waals surface area (Å²) in [6.45, 7) is 5.29. The molecule has 10 heavy (non-hydrogen) atoms. The molecule has 0 spiro atoms. The van der Waals surface area contributed by atoms with E-state index in [1.54, 1.807) is 13.0 Å². The van der Waals surface area contributed by atoms with Gasteiger partial charge < -0.3 is 4.42 Å². The second-order valence-corrected chi connectivity index (χ2v) is 2.04.